The Balaban J connectivity index is 1.63. The monoisotopic (exact) mass is 336 g/mol. The summed E-state index contributed by atoms with van der Waals surface area (Å²) in [7, 11) is 1.80. The van der Waals surface area contributed by atoms with Crippen molar-refractivity contribution >= 4 is 5.78 Å². The number of aliphatic hydroxyl groups excluding tert-OH is 1. The van der Waals surface area contributed by atoms with E-state index >= 15 is 0 Å². The van der Waals surface area contributed by atoms with E-state index in [0.29, 0.717) is 24.2 Å². The predicted octanol–water partition coefficient (Wildman–Crippen LogP) is 2.56. The maximum absolute atomic E-state index is 12.2. The van der Waals surface area contributed by atoms with Gasteiger partial charge in [0.1, 0.15) is 12.2 Å². The second-order valence-corrected chi connectivity index (χ2v) is 8.85. The molecule has 4 fully saturated rings. The summed E-state index contributed by atoms with van der Waals surface area (Å²) in [6.07, 6.45) is 10.4. The van der Waals surface area contributed by atoms with E-state index < -0.39 is 12.2 Å². The Morgan fingerprint density at radius 1 is 1.08 bits per heavy atom. The number of Topliss-reactive ketones (excluding diaryl/α,β-unsaturated/α-hetero) is 1. The molecule has 4 nitrogen and oxygen atoms in total. The minimum Gasteiger partial charge on any atom is -0.388 e. The number of aliphatic hydroxyl groups is 2. The second-order valence-electron chi connectivity index (χ2n) is 8.85. The van der Waals surface area contributed by atoms with Gasteiger partial charge in [0.25, 0.3) is 0 Å². The van der Waals surface area contributed by atoms with Gasteiger partial charge in [0, 0.05) is 13.0 Å². The zero-order valence-electron chi connectivity index (χ0n) is 14.8. The highest BCUT2D eigenvalue weighted by Crippen LogP contribution is 2.60. The molecule has 0 radical (unpaired) electrons. The summed E-state index contributed by atoms with van der Waals surface area (Å²) in [6, 6.07) is 0. The third-order valence-corrected chi connectivity index (χ3v) is 8.21. The van der Waals surface area contributed by atoms with Crippen LogP contribution in [0.3, 0.4) is 0 Å². The lowest BCUT2D eigenvalue weighted by Gasteiger charge is -2.55. The number of carbonyl (C=O) groups excluding carboxylic acids is 1. The fraction of sp³-hybridized carbons (Fsp3) is 0.950. The number of fused-ring (bicyclic) bond motifs is 5. The molecule has 0 aromatic carbocycles. The number of hydrogen-bond donors (Lipinski definition) is 2. The first-order valence-electron chi connectivity index (χ1n) is 9.99. The lowest BCUT2D eigenvalue weighted by Crippen LogP contribution is -2.55. The van der Waals surface area contributed by atoms with Gasteiger partial charge in [-0.05, 0) is 68.1 Å². The molecule has 0 aliphatic heterocycles. The Labute approximate surface area is 145 Å². The molecular formula is C20H32O4. The van der Waals surface area contributed by atoms with E-state index in [1.165, 1.54) is 38.5 Å². The third kappa shape index (κ3) is 2.40. The molecule has 4 aliphatic carbocycles. The molecule has 0 spiro atoms. The number of carbonyl (C=O) groups is 1. The highest BCUT2D eigenvalue weighted by Gasteiger charge is 2.60. The van der Waals surface area contributed by atoms with Gasteiger partial charge in [0.15, 0.2) is 5.78 Å². The lowest BCUT2D eigenvalue weighted by atomic mass is 9.52. The van der Waals surface area contributed by atoms with E-state index in [1.807, 2.05) is 0 Å². The molecule has 0 saturated heterocycles. The van der Waals surface area contributed by atoms with Gasteiger partial charge >= 0.3 is 0 Å². The molecule has 0 bridgehead atoms. The van der Waals surface area contributed by atoms with Gasteiger partial charge in [-0.3, -0.25) is 4.79 Å². The van der Waals surface area contributed by atoms with Crippen LogP contribution in [0.5, 0.6) is 0 Å². The summed E-state index contributed by atoms with van der Waals surface area (Å²) in [5.41, 5.74) is -1.31. The third-order valence-electron chi connectivity index (χ3n) is 8.21. The van der Waals surface area contributed by atoms with Crippen molar-refractivity contribution in [1.29, 1.82) is 0 Å². The van der Waals surface area contributed by atoms with Gasteiger partial charge in [0.2, 0.25) is 0 Å². The molecule has 8 atom stereocenters. The summed E-state index contributed by atoms with van der Waals surface area (Å²) < 4.78 is 5.94. The lowest BCUT2D eigenvalue weighted by molar-refractivity contribution is -0.160. The highest BCUT2D eigenvalue weighted by molar-refractivity contribution is 5.88. The van der Waals surface area contributed by atoms with Crippen LogP contribution >= 0.6 is 0 Å². The molecule has 4 aliphatic rings. The van der Waals surface area contributed by atoms with Crippen molar-refractivity contribution < 1.29 is 19.7 Å². The molecular weight excluding hydrogens is 304 g/mol. The molecule has 2 N–H and O–H groups in total. The summed E-state index contributed by atoms with van der Waals surface area (Å²) >= 11 is 0. The van der Waals surface area contributed by atoms with Crippen molar-refractivity contribution in [1.82, 2.24) is 0 Å². The van der Waals surface area contributed by atoms with Crippen molar-refractivity contribution in [3.05, 3.63) is 0 Å². The van der Waals surface area contributed by atoms with Gasteiger partial charge in [-0.1, -0.05) is 19.3 Å². The topological polar surface area (TPSA) is 66.8 Å². The van der Waals surface area contributed by atoms with Crippen molar-refractivity contribution in [2.24, 2.45) is 35.5 Å². The van der Waals surface area contributed by atoms with Crippen LogP contribution in [0.4, 0.5) is 0 Å². The maximum atomic E-state index is 12.2. The fourth-order valence-electron chi connectivity index (χ4n) is 7.22. The second kappa shape index (κ2) is 6.37. The number of rotatable bonds is 3. The van der Waals surface area contributed by atoms with E-state index in [-0.39, 0.29) is 17.8 Å². The maximum Gasteiger partial charge on any atom is 0.189 e. The van der Waals surface area contributed by atoms with Gasteiger partial charge in [-0.2, -0.15) is 0 Å². The quantitative estimate of drug-likeness (QED) is 0.831. The van der Waals surface area contributed by atoms with E-state index in [1.54, 1.807) is 7.11 Å². The molecule has 0 aromatic rings. The minimum absolute atomic E-state index is 0.0245. The Morgan fingerprint density at radius 3 is 2.62 bits per heavy atom. The van der Waals surface area contributed by atoms with Crippen molar-refractivity contribution in [2.45, 2.75) is 69.5 Å². The zero-order chi connectivity index (χ0) is 16.9. The van der Waals surface area contributed by atoms with E-state index in [2.05, 4.69) is 0 Å². The van der Waals surface area contributed by atoms with Crippen molar-refractivity contribution in [3.63, 3.8) is 0 Å². The average Bonchev–Trinajstić information content (AvgIpc) is 2.98. The fourth-order valence-corrected chi connectivity index (χ4v) is 7.22. The zero-order valence-corrected chi connectivity index (χ0v) is 14.8. The summed E-state index contributed by atoms with van der Waals surface area (Å²) in [4.78, 5) is 12.2. The average molecular weight is 336 g/mol. The van der Waals surface area contributed by atoms with Gasteiger partial charge < -0.3 is 14.9 Å². The molecule has 4 heteroatoms. The molecule has 0 heterocycles. The molecule has 0 aromatic heterocycles. The van der Waals surface area contributed by atoms with Crippen molar-refractivity contribution in [3.8, 4) is 0 Å². The summed E-state index contributed by atoms with van der Waals surface area (Å²) in [5, 5.41) is 20.3. The Hall–Kier alpha value is -0.450. The smallest absolute Gasteiger partial charge is 0.189 e. The number of hydrogen-bond acceptors (Lipinski definition) is 4. The number of methoxy groups -OCH3 is 1. The Kier molecular flexibility index (Phi) is 4.51. The van der Waals surface area contributed by atoms with Crippen LogP contribution in [0.25, 0.3) is 0 Å². The number of ether oxygens (including phenoxy) is 1. The van der Waals surface area contributed by atoms with Crippen LogP contribution in [-0.2, 0) is 9.53 Å². The Morgan fingerprint density at radius 2 is 1.88 bits per heavy atom. The normalized spacial score (nSPS) is 50.7. The van der Waals surface area contributed by atoms with Crippen LogP contribution in [0, 0.1) is 35.5 Å². The first-order valence-corrected chi connectivity index (χ1v) is 9.99. The molecule has 4 rings (SSSR count). The van der Waals surface area contributed by atoms with Gasteiger partial charge in [-0.25, -0.2) is 0 Å². The highest BCUT2D eigenvalue weighted by atomic mass is 16.5. The first kappa shape index (κ1) is 17.0. The summed E-state index contributed by atoms with van der Waals surface area (Å²) in [5.74, 6) is 2.89. The molecule has 8 unspecified atom stereocenters. The number of ketones is 1. The van der Waals surface area contributed by atoms with Gasteiger partial charge in [-0.15, -0.1) is 0 Å². The SMILES string of the molecule is COC1CC2C(CCC2(O)C(=O)CO)C2CCC3CCCCC3C12. The van der Waals surface area contributed by atoms with E-state index in [0.717, 1.165) is 24.7 Å². The minimum atomic E-state index is -1.31. The molecule has 0 amide bonds. The first-order chi connectivity index (χ1) is 11.6. The van der Waals surface area contributed by atoms with E-state index in [4.69, 9.17) is 4.74 Å². The van der Waals surface area contributed by atoms with Crippen LogP contribution in [0.1, 0.15) is 57.8 Å². The predicted molar refractivity (Wildman–Crippen MR) is 90.3 cm³/mol. The molecule has 4 saturated carbocycles. The standard InChI is InChI=1S/C20H32O4/c1-24-17-10-16-14(8-9-20(16,23)18(22)11-21)15-7-6-12-4-2-3-5-13(12)19(15)17/h12-17,19,21,23H,2-11H2,1H3. The molecule has 24 heavy (non-hydrogen) atoms. The van der Waals surface area contributed by atoms with E-state index in [9.17, 15) is 15.0 Å². The van der Waals surface area contributed by atoms with Crippen LogP contribution < -0.4 is 0 Å². The Bertz CT molecular complexity index is 492. The van der Waals surface area contributed by atoms with Gasteiger partial charge in [0.05, 0.1) is 6.10 Å². The summed E-state index contributed by atoms with van der Waals surface area (Å²) in [6.45, 7) is -0.545. The van der Waals surface area contributed by atoms with Crippen LogP contribution in [0.2, 0.25) is 0 Å². The van der Waals surface area contributed by atoms with Crippen molar-refractivity contribution in [2.75, 3.05) is 13.7 Å². The van der Waals surface area contributed by atoms with Crippen LogP contribution in [0.15, 0.2) is 0 Å². The largest absolute Gasteiger partial charge is 0.388 e. The molecule has 136 valence electrons. The van der Waals surface area contributed by atoms with Crippen LogP contribution in [-0.4, -0.2) is 41.4 Å².